The molecule has 84 valence electrons. The second kappa shape index (κ2) is 3.61. The van der Waals surface area contributed by atoms with Crippen LogP contribution in [0.4, 0.5) is 0 Å². The zero-order valence-corrected chi connectivity index (χ0v) is 9.85. The first kappa shape index (κ1) is 10.6. The third kappa shape index (κ3) is 1.92. The predicted octanol–water partition coefficient (Wildman–Crippen LogP) is 1.09. The van der Waals surface area contributed by atoms with E-state index in [2.05, 4.69) is 29.5 Å². The van der Waals surface area contributed by atoms with Crippen LogP contribution in [0.5, 0.6) is 0 Å². The lowest BCUT2D eigenvalue weighted by Gasteiger charge is -2.36. The number of oxazole rings is 1. The summed E-state index contributed by atoms with van der Waals surface area (Å²) in [6.45, 7) is 10.1. The molecule has 1 aliphatic rings. The molecule has 0 aliphatic carbocycles. The molecule has 2 unspecified atom stereocenters. The Balaban J connectivity index is 2.27. The highest BCUT2D eigenvalue weighted by atomic mass is 16.4. The molecule has 1 fully saturated rings. The fourth-order valence-electron chi connectivity index (χ4n) is 2.03. The molecule has 4 nitrogen and oxygen atoms in total. The average molecular weight is 209 g/mol. The van der Waals surface area contributed by atoms with Crippen molar-refractivity contribution in [3.8, 4) is 0 Å². The molecule has 2 rings (SSSR count). The second-order valence-electron chi connectivity index (χ2n) is 4.67. The summed E-state index contributed by atoms with van der Waals surface area (Å²) in [6.07, 6.45) is 0. The number of hydrogen-bond donors (Lipinski definition) is 2. The van der Waals surface area contributed by atoms with Gasteiger partial charge in [-0.1, -0.05) is 0 Å². The minimum absolute atomic E-state index is 0.184. The molecule has 0 radical (unpaired) electrons. The molecule has 1 saturated heterocycles. The summed E-state index contributed by atoms with van der Waals surface area (Å²) in [5, 5.41) is 6.92. The van der Waals surface area contributed by atoms with Gasteiger partial charge in [0.1, 0.15) is 11.3 Å². The SMILES string of the molecule is Cc1nc(C2(C)CNCC(C)N2)oc1C. The minimum Gasteiger partial charge on any atom is -0.444 e. The molecule has 0 spiro atoms. The summed E-state index contributed by atoms with van der Waals surface area (Å²) in [5.41, 5.74) is 0.794. The summed E-state index contributed by atoms with van der Waals surface area (Å²) >= 11 is 0. The van der Waals surface area contributed by atoms with E-state index in [9.17, 15) is 0 Å². The molecule has 1 aromatic heterocycles. The maximum absolute atomic E-state index is 5.69. The molecular weight excluding hydrogens is 190 g/mol. The van der Waals surface area contributed by atoms with Gasteiger partial charge in [-0.05, 0) is 27.7 Å². The highest BCUT2D eigenvalue weighted by Gasteiger charge is 2.35. The highest BCUT2D eigenvalue weighted by molar-refractivity contribution is 5.13. The van der Waals surface area contributed by atoms with E-state index in [-0.39, 0.29) is 5.54 Å². The van der Waals surface area contributed by atoms with E-state index in [1.807, 2.05) is 13.8 Å². The first-order valence-corrected chi connectivity index (χ1v) is 5.44. The van der Waals surface area contributed by atoms with Crippen LogP contribution in [0.25, 0.3) is 0 Å². The summed E-state index contributed by atoms with van der Waals surface area (Å²) in [4.78, 5) is 4.47. The fraction of sp³-hybridized carbons (Fsp3) is 0.727. The molecule has 1 aromatic rings. The van der Waals surface area contributed by atoms with Crippen LogP contribution in [0.3, 0.4) is 0 Å². The van der Waals surface area contributed by atoms with Crippen molar-refractivity contribution in [1.82, 2.24) is 15.6 Å². The summed E-state index contributed by atoms with van der Waals surface area (Å²) < 4.78 is 5.69. The third-order valence-corrected chi connectivity index (χ3v) is 2.99. The van der Waals surface area contributed by atoms with Crippen LogP contribution in [-0.4, -0.2) is 24.1 Å². The second-order valence-corrected chi connectivity index (χ2v) is 4.67. The number of nitrogens with one attached hydrogen (secondary N) is 2. The van der Waals surface area contributed by atoms with Crippen molar-refractivity contribution >= 4 is 0 Å². The van der Waals surface area contributed by atoms with E-state index in [1.165, 1.54) is 0 Å². The lowest BCUT2D eigenvalue weighted by Crippen LogP contribution is -2.59. The first-order chi connectivity index (χ1) is 7.01. The van der Waals surface area contributed by atoms with E-state index in [0.717, 1.165) is 30.4 Å². The minimum atomic E-state index is -0.184. The zero-order valence-electron chi connectivity index (χ0n) is 9.85. The Morgan fingerprint density at radius 2 is 2.20 bits per heavy atom. The van der Waals surface area contributed by atoms with Gasteiger partial charge in [-0.15, -0.1) is 0 Å². The molecule has 1 aliphatic heterocycles. The Bertz CT molecular complexity index is 341. The number of nitrogens with zero attached hydrogens (tertiary/aromatic N) is 1. The number of hydrogen-bond acceptors (Lipinski definition) is 4. The van der Waals surface area contributed by atoms with Crippen LogP contribution >= 0.6 is 0 Å². The van der Waals surface area contributed by atoms with Gasteiger partial charge in [-0.2, -0.15) is 0 Å². The maximum atomic E-state index is 5.69. The van der Waals surface area contributed by atoms with Gasteiger partial charge < -0.3 is 9.73 Å². The highest BCUT2D eigenvalue weighted by Crippen LogP contribution is 2.23. The molecule has 2 heterocycles. The molecule has 0 amide bonds. The number of aromatic nitrogens is 1. The first-order valence-electron chi connectivity index (χ1n) is 5.44. The van der Waals surface area contributed by atoms with Gasteiger partial charge in [0.05, 0.1) is 5.69 Å². The topological polar surface area (TPSA) is 50.1 Å². The van der Waals surface area contributed by atoms with Crippen molar-refractivity contribution in [3.63, 3.8) is 0 Å². The van der Waals surface area contributed by atoms with E-state index in [0.29, 0.717) is 6.04 Å². The van der Waals surface area contributed by atoms with Crippen molar-refractivity contribution in [2.45, 2.75) is 39.3 Å². The van der Waals surface area contributed by atoms with Crippen molar-refractivity contribution in [3.05, 3.63) is 17.3 Å². The van der Waals surface area contributed by atoms with E-state index in [1.54, 1.807) is 0 Å². The van der Waals surface area contributed by atoms with Crippen molar-refractivity contribution in [2.24, 2.45) is 0 Å². The van der Waals surface area contributed by atoms with Gasteiger partial charge in [-0.3, -0.25) is 5.32 Å². The van der Waals surface area contributed by atoms with Crippen molar-refractivity contribution < 1.29 is 4.42 Å². The Kier molecular flexibility index (Phi) is 2.56. The van der Waals surface area contributed by atoms with Gasteiger partial charge in [-0.25, -0.2) is 4.98 Å². The summed E-state index contributed by atoms with van der Waals surface area (Å²) in [6, 6.07) is 0.441. The van der Waals surface area contributed by atoms with Crippen LogP contribution in [-0.2, 0) is 5.54 Å². The summed E-state index contributed by atoms with van der Waals surface area (Å²) in [7, 11) is 0. The number of rotatable bonds is 1. The molecule has 2 atom stereocenters. The normalized spacial score (nSPS) is 31.9. The standard InChI is InChI=1S/C11H19N3O/c1-7-5-12-6-11(4,14-7)10-13-8(2)9(3)15-10/h7,12,14H,5-6H2,1-4H3. The summed E-state index contributed by atoms with van der Waals surface area (Å²) in [5.74, 6) is 1.70. The lowest BCUT2D eigenvalue weighted by atomic mass is 9.98. The van der Waals surface area contributed by atoms with Crippen LogP contribution < -0.4 is 10.6 Å². The van der Waals surface area contributed by atoms with E-state index in [4.69, 9.17) is 4.42 Å². The van der Waals surface area contributed by atoms with Crippen LogP contribution in [0, 0.1) is 13.8 Å². The smallest absolute Gasteiger partial charge is 0.215 e. The van der Waals surface area contributed by atoms with Gasteiger partial charge >= 0.3 is 0 Å². The van der Waals surface area contributed by atoms with Gasteiger partial charge in [0, 0.05) is 19.1 Å². The van der Waals surface area contributed by atoms with Crippen molar-refractivity contribution in [1.29, 1.82) is 0 Å². The van der Waals surface area contributed by atoms with Gasteiger partial charge in [0.25, 0.3) is 0 Å². The third-order valence-electron chi connectivity index (χ3n) is 2.99. The average Bonchev–Trinajstić information content (AvgIpc) is 2.47. The molecule has 0 aromatic carbocycles. The van der Waals surface area contributed by atoms with Crippen LogP contribution in [0.1, 0.15) is 31.2 Å². The predicted molar refractivity (Wildman–Crippen MR) is 58.8 cm³/mol. The van der Waals surface area contributed by atoms with E-state index >= 15 is 0 Å². The molecule has 0 bridgehead atoms. The Morgan fingerprint density at radius 1 is 1.47 bits per heavy atom. The molecule has 4 heteroatoms. The molecular formula is C11H19N3O. The maximum Gasteiger partial charge on any atom is 0.215 e. The molecule has 15 heavy (non-hydrogen) atoms. The Morgan fingerprint density at radius 3 is 2.73 bits per heavy atom. The molecule has 0 saturated carbocycles. The number of aryl methyl sites for hydroxylation is 2. The quantitative estimate of drug-likeness (QED) is 0.727. The van der Waals surface area contributed by atoms with Crippen molar-refractivity contribution in [2.75, 3.05) is 13.1 Å². The van der Waals surface area contributed by atoms with Gasteiger partial charge in [0.15, 0.2) is 0 Å². The zero-order chi connectivity index (χ0) is 11.1. The Labute approximate surface area is 90.5 Å². The fourth-order valence-corrected chi connectivity index (χ4v) is 2.03. The monoisotopic (exact) mass is 209 g/mol. The number of piperazine rings is 1. The van der Waals surface area contributed by atoms with Gasteiger partial charge in [0.2, 0.25) is 5.89 Å². The van der Waals surface area contributed by atoms with Crippen LogP contribution in [0.2, 0.25) is 0 Å². The Hall–Kier alpha value is -0.870. The van der Waals surface area contributed by atoms with Crippen LogP contribution in [0.15, 0.2) is 4.42 Å². The molecule has 2 N–H and O–H groups in total. The lowest BCUT2D eigenvalue weighted by molar-refractivity contribution is 0.207. The van der Waals surface area contributed by atoms with E-state index < -0.39 is 0 Å². The largest absolute Gasteiger partial charge is 0.444 e.